The van der Waals surface area contributed by atoms with E-state index in [0.717, 1.165) is 18.2 Å². The van der Waals surface area contributed by atoms with Crippen LogP contribution in [0, 0.1) is 11.6 Å². The number of rotatable bonds is 4. The minimum atomic E-state index is -0.615. The van der Waals surface area contributed by atoms with E-state index in [1.165, 1.54) is 0 Å². The fourth-order valence-corrected chi connectivity index (χ4v) is 1.11. The third kappa shape index (κ3) is 3.63. The second-order valence-corrected chi connectivity index (χ2v) is 2.99. The summed E-state index contributed by atoms with van der Waals surface area (Å²) in [6.07, 6.45) is -0.233. The smallest absolute Gasteiger partial charge is 0.224 e. The fraction of sp³-hybridized carbons (Fsp3) is 0.300. The van der Waals surface area contributed by atoms with Gasteiger partial charge >= 0.3 is 0 Å². The van der Waals surface area contributed by atoms with Gasteiger partial charge in [0.1, 0.15) is 11.6 Å². The summed E-state index contributed by atoms with van der Waals surface area (Å²) < 4.78 is 25.8. The first-order chi connectivity index (χ1) is 7.13. The van der Waals surface area contributed by atoms with Gasteiger partial charge in [0.15, 0.2) is 0 Å². The van der Waals surface area contributed by atoms with Gasteiger partial charge in [0.2, 0.25) is 5.91 Å². The molecule has 0 aromatic heterocycles. The third-order valence-corrected chi connectivity index (χ3v) is 1.79. The van der Waals surface area contributed by atoms with E-state index in [2.05, 4.69) is 5.32 Å². The molecule has 5 heteroatoms. The zero-order valence-corrected chi connectivity index (χ0v) is 7.96. The van der Waals surface area contributed by atoms with E-state index in [9.17, 15) is 13.6 Å². The van der Waals surface area contributed by atoms with Crippen LogP contribution < -0.4 is 5.32 Å². The van der Waals surface area contributed by atoms with Gasteiger partial charge in [-0.05, 0) is 18.2 Å². The molecule has 1 aromatic rings. The number of hydrogen-bond acceptors (Lipinski definition) is 2. The summed E-state index contributed by atoms with van der Waals surface area (Å²) in [5.41, 5.74) is 0.00504. The van der Waals surface area contributed by atoms with E-state index in [0.29, 0.717) is 0 Å². The molecular formula is C10H11F2NO2. The number of nitrogens with one attached hydrogen (secondary N) is 1. The summed E-state index contributed by atoms with van der Waals surface area (Å²) in [4.78, 5) is 11.1. The van der Waals surface area contributed by atoms with Crippen molar-refractivity contribution in [2.75, 3.05) is 13.2 Å². The van der Waals surface area contributed by atoms with Crippen LogP contribution in [0.3, 0.4) is 0 Å². The number of amides is 1. The van der Waals surface area contributed by atoms with Gasteiger partial charge in [0.25, 0.3) is 0 Å². The topological polar surface area (TPSA) is 49.3 Å². The van der Waals surface area contributed by atoms with Crippen LogP contribution in [0.15, 0.2) is 18.2 Å². The van der Waals surface area contributed by atoms with E-state index in [-0.39, 0.29) is 25.1 Å². The van der Waals surface area contributed by atoms with E-state index in [1.807, 2.05) is 0 Å². The Labute approximate surface area is 85.7 Å². The van der Waals surface area contributed by atoms with Crippen molar-refractivity contribution in [1.82, 2.24) is 5.32 Å². The highest BCUT2D eigenvalue weighted by Crippen LogP contribution is 2.09. The minimum absolute atomic E-state index is 0.00504. The van der Waals surface area contributed by atoms with Gasteiger partial charge in [-0.2, -0.15) is 0 Å². The van der Waals surface area contributed by atoms with Gasteiger partial charge in [-0.3, -0.25) is 4.79 Å². The molecule has 0 unspecified atom stereocenters. The van der Waals surface area contributed by atoms with Crippen molar-refractivity contribution in [3.8, 4) is 0 Å². The third-order valence-electron chi connectivity index (χ3n) is 1.79. The van der Waals surface area contributed by atoms with E-state index in [4.69, 9.17) is 5.11 Å². The number of aliphatic hydroxyl groups excluding tert-OH is 1. The molecule has 0 radical (unpaired) electrons. The lowest BCUT2D eigenvalue weighted by atomic mass is 10.1. The monoisotopic (exact) mass is 215 g/mol. The standard InChI is InChI=1S/C10H11F2NO2/c11-8-1-2-9(12)7(5-8)6-10(15)13-3-4-14/h1-2,5,14H,3-4,6H2,(H,13,15). The second kappa shape index (κ2) is 5.41. The van der Waals surface area contributed by atoms with Gasteiger partial charge < -0.3 is 10.4 Å². The van der Waals surface area contributed by atoms with Crippen LogP contribution >= 0.6 is 0 Å². The van der Waals surface area contributed by atoms with Crippen LogP contribution in [0.25, 0.3) is 0 Å². The zero-order chi connectivity index (χ0) is 11.3. The maximum atomic E-state index is 13.1. The maximum Gasteiger partial charge on any atom is 0.224 e. The van der Waals surface area contributed by atoms with Gasteiger partial charge in [-0.15, -0.1) is 0 Å². The number of carbonyl (C=O) groups excluding carboxylic acids is 1. The summed E-state index contributed by atoms with van der Waals surface area (Å²) in [5, 5.41) is 10.8. The molecule has 3 nitrogen and oxygen atoms in total. The molecule has 0 spiro atoms. The summed E-state index contributed by atoms with van der Waals surface area (Å²) >= 11 is 0. The van der Waals surface area contributed by atoms with E-state index >= 15 is 0 Å². The van der Waals surface area contributed by atoms with Crippen LogP contribution in [0.1, 0.15) is 5.56 Å². The minimum Gasteiger partial charge on any atom is -0.395 e. The Kier molecular flexibility index (Phi) is 4.17. The predicted molar refractivity (Wildman–Crippen MR) is 50.2 cm³/mol. The van der Waals surface area contributed by atoms with E-state index < -0.39 is 17.5 Å². The van der Waals surface area contributed by atoms with Crippen molar-refractivity contribution >= 4 is 5.91 Å². The van der Waals surface area contributed by atoms with Crippen LogP contribution in [-0.2, 0) is 11.2 Å². The largest absolute Gasteiger partial charge is 0.395 e. The number of aliphatic hydroxyl groups is 1. The highest BCUT2D eigenvalue weighted by Gasteiger charge is 2.08. The molecule has 0 fully saturated rings. The molecule has 0 heterocycles. The Morgan fingerprint density at radius 1 is 1.40 bits per heavy atom. The first kappa shape index (κ1) is 11.6. The first-order valence-corrected chi connectivity index (χ1v) is 4.45. The van der Waals surface area contributed by atoms with Crippen LogP contribution in [0.5, 0.6) is 0 Å². The maximum absolute atomic E-state index is 13.1. The Morgan fingerprint density at radius 3 is 2.80 bits per heavy atom. The average molecular weight is 215 g/mol. The SMILES string of the molecule is O=C(Cc1cc(F)ccc1F)NCCO. The molecule has 0 bridgehead atoms. The van der Waals surface area contributed by atoms with Gasteiger partial charge in [0, 0.05) is 12.1 Å². The summed E-state index contributed by atoms with van der Waals surface area (Å²) in [6, 6.07) is 2.95. The number of halogens is 2. The summed E-state index contributed by atoms with van der Waals surface area (Å²) in [5.74, 6) is -1.65. The highest BCUT2D eigenvalue weighted by molar-refractivity contribution is 5.78. The molecule has 1 rings (SSSR count). The normalized spacial score (nSPS) is 10.1. The van der Waals surface area contributed by atoms with Gasteiger partial charge in [0.05, 0.1) is 13.0 Å². The molecular weight excluding hydrogens is 204 g/mol. The van der Waals surface area contributed by atoms with Crippen molar-refractivity contribution in [3.05, 3.63) is 35.4 Å². The van der Waals surface area contributed by atoms with Crippen LogP contribution in [0.2, 0.25) is 0 Å². The van der Waals surface area contributed by atoms with Crippen molar-refractivity contribution in [1.29, 1.82) is 0 Å². The van der Waals surface area contributed by atoms with Crippen molar-refractivity contribution < 1.29 is 18.7 Å². The molecule has 15 heavy (non-hydrogen) atoms. The Bertz CT molecular complexity index is 355. The molecule has 1 amide bonds. The van der Waals surface area contributed by atoms with Gasteiger partial charge in [-0.25, -0.2) is 8.78 Å². The van der Waals surface area contributed by atoms with Crippen molar-refractivity contribution in [2.45, 2.75) is 6.42 Å². The predicted octanol–water partition coefficient (Wildman–Crippen LogP) is 0.616. The molecule has 82 valence electrons. The molecule has 0 saturated carbocycles. The summed E-state index contributed by atoms with van der Waals surface area (Å²) in [7, 11) is 0. The Morgan fingerprint density at radius 2 is 2.13 bits per heavy atom. The lowest BCUT2D eigenvalue weighted by Crippen LogP contribution is -2.28. The van der Waals surface area contributed by atoms with E-state index in [1.54, 1.807) is 0 Å². The summed E-state index contributed by atoms with van der Waals surface area (Å²) in [6.45, 7) is -0.0762. The molecule has 2 N–H and O–H groups in total. The number of hydrogen-bond donors (Lipinski definition) is 2. The Balaban J connectivity index is 2.63. The van der Waals surface area contributed by atoms with Crippen molar-refractivity contribution in [3.63, 3.8) is 0 Å². The fourth-order valence-electron chi connectivity index (χ4n) is 1.11. The molecule has 0 atom stereocenters. The average Bonchev–Trinajstić information content (AvgIpc) is 2.20. The quantitative estimate of drug-likeness (QED) is 0.773. The first-order valence-electron chi connectivity index (χ1n) is 4.45. The van der Waals surface area contributed by atoms with Crippen LogP contribution in [-0.4, -0.2) is 24.2 Å². The Hall–Kier alpha value is -1.49. The molecule has 0 aliphatic rings. The van der Waals surface area contributed by atoms with Crippen molar-refractivity contribution in [2.24, 2.45) is 0 Å². The molecule has 0 saturated heterocycles. The molecule has 0 aliphatic carbocycles. The lowest BCUT2D eigenvalue weighted by Gasteiger charge is -2.04. The number of benzene rings is 1. The van der Waals surface area contributed by atoms with Crippen LogP contribution in [0.4, 0.5) is 8.78 Å². The molecule has 0 aliphatic heterocycles. The highest BCUT2D eigenvalue weighted by atomic mass is 19.1. The zero-order valence-electron chi connectivity index (χ0n) is 7.96. The molecule has 1 aromatic carbocycles. The second-order valence-electron chi connectivity index (χ2n) is 2.99. The number of carbonyl (C=O) groups is 1. The van der Waals surface area contributed by atoms with Gasteiger partial charge in [-0.1, -0.05) is 0 Å². The lowest BCUT2D eigenvalue weighted by molar-refractivity contribution is -0.120.